The zero-order valence-electron chi connectivity index (χ0n) is 44.0. The monoisotopic (exact) mass is 967 g/mol. The van der Waals surface area contributed by atoms with Crippen molar-refractivity contribution in [2.24, 2.45) is 0 Å². The van der Waals surface area contributed by atoms with Gasteiger partial charge in [0.05, 0.1) is 33.8 Å². The number of hydrogen-bond donors (Lipinski definition) is 1. The number of amides is 1. The average molecular weight is 967 g/mol. The molecule has 0 radical (unpaired) electrons. The van der Waals surface area contributed by atoms with E-state index in [0.29, 0.717) is 23.9 Å². The quantitative estimate of drug-likeness (QED) is 0.0212. The minimum atomic E-state index is -4.72. The largest absolute Gasteiger partial charge is 0.756 e. The molecule has 3 unspecified atom stereocenters. The lowest BCUT2D eigenvalue weighted by Gasteiger charge is -2.30. The van der Waals surface area contributed by atoms with Crippen LogP contribution in [0.3, 0.4) is 0 Å². The summed E-state index contributed by atoms with van der Waals surface area (Å²) in [5.74, 6) is -0.675. The van der Waals surface area contributed by atoms with Crippen LogP contribution in [0.25, 0.3) is 0 Å². The number of allylic oxidation sites excluding steroid dienone is 17. The number of quaternary nitrogens is 1. The van der Waals surface area contributed by atoms with Crippen molar-refractivity contribution >= 4 is 19.7 Å². The molecule has 0 rings (SSSR count). The number of ether oxygens (including phenoxy) is 1. The molecule has 0 aromatic heterocycles. The molecule has 0 aliphatic heterocycles. The highest BCUT2D eigenvalue weighted by molar-refractivity contribution is 7.45. The van der Waals surface area contributed by atoms with Crippen LogP contribution in [0.5, 0.6) is 0 Å². The lowest BCUT2D eigenvalue weighted by Crippen LogP contribution is -2.47. The van der Waals surface area contributed by atoms with E-state index in [-0.39, 0.29) is 31.3 Å². The van der Waals surface area contributed by atoms with Crippen LogP contribution in [-0.2, 0) is 27.9 Å². The third kappa shape index (κ3) is 47.7. The van der Waals surface area contributed by atoms with Crippen molar-refractivity contribution in [3.8, 4) is 0 Å². The Morgan fingerprint density at radius 2 is 0.956 bits per heavy atom. The number of carbonyl (C=O) groups excluding carboxylic acids is 2. The first kappa shape index (κ1) is 64.7. The molecule has 10 heteroatoms. The summed E-state index contributed by atoms with van der Waals surface area (Å²) in [6, 6.07) is -0.942. The highest BCUT2D eigenvalue weighted by atomic mass is 31.2. The Morgan fingerprint density at radius 3 is 1.44 bits per heavy atom. The molecule has 0 aromatic carbocycles. The number of rotatable bonds is 46. The van der Waals surface area contributed by atoms with Gasteiger partial charge >= 0.3 is 5.97 Å². The molecule has 0 saturated carbocycles. The third-order valence-electron chi connectivity index (χ3n) is 11.0. The molecule has 0 aliphatic rings. The first-order valence-corrected chi connectivity index (χ1v) is 28.2. The van der Waals surface area contributed by atoms with E-state index in [1.54, 1.807) is 6.08 Å². The van der Waals surface area contributed by atoms with Crippen molar-refractivity contribution in [3.05, 3.63) is 109 Å². The van der Waals surface area contributed by atoms with Gasteiger partial charge in [0.1, 0.15) is 19.3 Å². The Morgan fingerprint density at radius 1 is 0.529 bits per heavy atom. The first-order valence-electron chi connectivity index (χ1n) is 26.7. The van der Waals surface area contributed by atoms with E-state index in [9.17, 15) is 19.0 Å². The van der Waals surface area contributed by atoms with Crippen LogP contribution in [0.4, 0.5) is 0 Å². The summed E-state index contributed by atoms with van der Waals surface area (Å²) in [5.41, 5.74) is 0. The van der Waals surface area contributed by atoms with Crippen molar-refractivity contribution in [1.29, 1.82) is 0 Å². The van der Waals surface area contributed by atoms with Crippen molar-refractivity contribution in [2.45, 2.75) is 206 Å². The van der Waals surface area contributed by atoms with Gasteiger partial charge in [-0.2, -0.15) is 0 Å². The van der Waals surface area contributed by atoms with E-state index in [1.165, 1.54) is 51.4 Å². The molecule has 388 valence electrons. The molecule has 9 nitrogen and oxygen atoms in total. The lowest BCUT2D eigenvalue weighted by atomic mass is 10.1. The maximum Gasteiger partial charge on any atom is 0.306 e. The van der Waals surface area contributed by atoms with Gasteiger partial charge in [-0.25, -0.2) is 0 Å². The highest BCUT2D eigenvalue weighted by Crippen LogP contribution is 2.38. The first-order chi connectivity index (χ1) is 32.9. The highest BCUT2D eigenvalue weighted by Gasteiger charge is 2.27. The van der Waals surface area contributed by atoms with Gasteiger partial charge in [-0.05, 0) is 96.0 Å². The van der Waals surface area contributed by atoms with Crippen LogP contribution in [0.1, 0.15) is 194 Å². The fourth-order valence-corrected chi connectivity index (χ4v) is 7.60. The Bertz CT molecular complexity index is 1530. The van der Waals surface area contributed by atoms with Crippen molar-refractivity contribution in [3.63, 3.8) is 0 Å². The second-order valence-electron chi connectivity index (χ2n) is 18.6. The summed E-state index contributed by atoms with van der Waals surface area (Å²) in [6.45, 7) is 6.50. The maximum atomic E-state index is 13.4. The van der Waals surface area contributed by atoms with Gasteiger partial charge in [-0.15, -0.1) is 0 Å². The van der Waals surface area contributed by atoms with Crippen LogP contribution in [-0.4, -0.2) is 69.4 Å². The molecule has 1 amide bonds. The molecule has 0 saturated heterocycles. The number of nitrogens with one attached hydrogen (secondary N) is 1. The van der Waals surface area contributed by atoms with E-state index >= 15 is 0 Å². The second-order valence-corrected chi connectivity index (χ2v) is 20.0. The van der Waals surface area contributed by atoms with Crippen molar-refractivity contribution in [1.82, 2.24) is 5.32 Å². The molecule has 1 N–H and O–H groups in total. The smallest absolute Gasteiger partial charge is 0.306 e. The predicted octanol–water partition coefficient (Wildman–Crippen LogP) is 15.2. The second kappa shape index (κ2) is 47.4. The summed E-state index contributed by atoms with van der Waals surface area (Å²) in [7, 11) is 1.11. The number of esters is 1. The van der Waals surface area contributed by atoms with E-state index in [2.05, 4.69) is 111 Å². The lowest BCUT2D eigenvalue weighted by molar-refractivity contribution is -0.870. The Labute approximate surface area is 417 Å². The topological polar surface area (TPSA) is 114 Å². The number of nitrogens with zero attached hydrogens (tertiary/aromatic N) is 1. The minimum Gasteiger partial charge on any atom is -0.756 e. The molecule has 0 heterocycles. The molecule has 0 fully saturated rings. The standard InChI is InChI=1S/C58H99N2O7P/c1-7-10-13-16-19-22-25-28-30-31-32-35-38-41-44-47-50-57(61)59-55(54-66-68(63,64)65-53-52-60(4,5)6)56(49-46-43-40-37-34-27-24-21-18-15-12-9-3)67-58(62)51-48-45-42-39-36-33-29-26-23-20-17-14-11-8-2/h10-11,13-14,19-20,22-23,28-30,32-33,35,41,44,46,49,55-56H,7-9,12,15-18,21,24-27,31,34,36-40,42-43,45,47-48,50-54H2,1-6H3,(H-,59,61,63,64)/b13-10+,14-11+,22-19+,23-20+,30-28+,33-29+,35-32+,44-41+,49-46+. The van der Waals surface area contributed by atoms with Crippen molar-refractivity contribution in [2.75, 3.05) is 40.9 Å². The number of phosphoric acid groups is 1. The molecule has 0 aromatic rings. The summed E-state index contributed by atoms with van der Waals surface area (Å²) in [5, 5.41) is 2.95. The number of unbranched alkanes of at least 4 members (excludes halogenated alkanes) is 14. The predicted molar refractivity (Wildman–Crippen MR) is 288 cm³/mol. The molecular formula is C58H99N2O7P. The molecule has 0 bridgehead atoms. The van der Waals surface area contributed by atoms with Gasteiger partial charge in [0.15, 0.2) is 0 Å². The number of likely N-dealkylation sites (N-methyl/N-ethyl adjacent to an activating group) is 1. The number of carbonyl (C=O) groups is 2. The van der Waals surface area contributed by atoms with Crippen LogP contribution in [0, 0.1) is 0 Å². The van der Waals surface area contributed by atoms with E-state index < -0.39 is 26.6 Å². The molecule has 3 atom stereocenters. The summed E-state index contributed by atoms with van der Waals surface area (Å²) >= 11 is 0. The zero-order valence-corrected chi connectivity index (χ0v) is 44.9. The third-order valence-corrected chi connectivity index (χ3v) is 11.9. The van der Waals surface area contributed by atoms with Crippen molar-refractivity contribution < 1.29 is 37.3 Å². The zero-order chi connectivity index (χ0) is 50.1. The van der Waals surface area contributed by atoms with Crippen LogP contribution in [0.2, 0.25) is 0 Å². The van der Waals surface area contributed by atoms with Gasteiger partial charge in [0, 0.05) is 12.8 Å². The minimum absolute atomic E-state index is 0.0451. The average Bonchev–Trinajstić information content (AvgIpc) is 3.29. The fourth-order valence-electron chi connectivity index (χ4n) is 6.87. The van der Waals surface area contributed by atoms with Crippen LogP contribution in [0.15, 0.2) is 109 Å². The van der Waals surface area contributed by atoms with Crippen LogP contribution >= 0.6 is 7.82 Å². The van der Waals surface area contributed by atoms with Gasteiger partial charge in [-0.1, -0.05) is 195 Å². The Balaban J connectivity index is 5.58. The van der Waals surface area contributed by atoms with Gasteiger partial charge in [0.25, 0.3) is 7.82 Å². The van der Waals surface area contributed by atoms with E-state index in [1.807, 2.05) is 39.4 Å². The summed E-state index contributed by atoms with van der Waals surface area (Å²) in [6.07, 6.45) is 63.6. The maximum absolute atomic E-state index is 13.4. The van der Waals surface area contributed by atoms with Gasteiger partial charge in [0.2, 0.25) is 5.91 Å². The Hall–Kier alpha value is -3.33. The summed E-state index contributed by atoms with van der Waals surface area (Å²) < 4.78 is 30.1. The number of hydrogen-bond acceptors (Lipinski definition) is 7. The fraction of sp³-hybridized carbons (Fsp3) is 0.655. The van der Waals surface area contributed by atoms with Gasteiger partial charge < -0.3 is 28.5 Å². The van der Waals surface area contributed by atoms with Gasteiger partial charge in [-0.3, -0.25) is 14.2 Å². The normalized spacial score (nSPS) is 14.8. The molecule has 0 aliphatic carbocycles. The number of phosphoric ester groups is 1. The van der Waals surface area contributed by atoms with E-state index in [0.717, 1.165) is 96.3 Å². The van der Waals surface area contributed by atoms with Crippen LogP contribution < -0.4 is 10.2 Å². The Kier molecular flexibility index (Phi) is 45.0. The molecular weight excluding hydrogens is 868 g/mol. The summed E-state index contributed by atoms with van der Waals surface area (Å²) in [4.78, 5) is 39.7. The SMILES string of the molecule is CC/C=C/C/C=C/C/C=C/C/C=C/C/C=C/CCC(=O)NC(COP(=O)([O-])OCC[N+](C)(C)C)C(/C=C/CCCCCCCCCCCC)OC(=O)CCCCCC/C=C/C/C=C/C/C=C/CC. The van der Waals surface area contributed by atoms with E-state index in [4.69, 9.17) is 13.8 Å². The molecule has 68 heavy (non-hydrogen) atoms. The molecule has 0 spiro atoms.